The molecule has 0 heterocycles. The Morgan fingerprint density at radius 1 is 1.43 bits per heavy atom. The van der Waals surface area contributed by atoms with Crippen molar-refractivity contribution < 1.29 is 24.5 Å². The van der Waals surface area contributed by atoms with Crippen molar-refractivity contribution in [1.82, 2.24) is 0 Å². The van der Waals surface area contributed by atoms with Gasteiger partial charge in [0.15, 0.2) is 0 Å². The molecule has 0 aliphatic carbocycles. The molecule has 2 unspecified atom stereocenters. The number of aliphatic hydroxyl groups excluding tert-OH is 1. The van der Waals surface area contributed by atoms with Gasteiger partial charge >= 0.3 is 7.60 Å². The molecule has 0 bridgehead atoms. The maximum atomic E-state index is 11.0. The highest BCUT2D eigenvalue weighted by atomic mass is 31.2. The summed E-state index contributed by atoms with van der Waals surface area (Å²) in [5.41, 5.74) is -0.0388. The van der Waals surface area contributed by atoms with Crippen LogP contribution in [0.2, 0.25) is 0 Å². The molecule has 86 valence electrons. The number of hydrogen-bond acceptors (Lipinski definition) is 4. The smallest absolute Gasteiger partial charge is 0.355 e. The third kappa shape index (κ3) is 6.51. The largest absolute Gasteiger partial charge is 0.396 e. The fourth-order valence-electron chi connectivity index (χ4n) is 1.41. The quantitative estimate of drug-likeness (QED) is 0.377. The molecule has 0 radical (unpaired) electrons. The van der Waals surface area contributed by atoms with E-state index >= 15 is 0 Å². The highest BCUT2D eigenvalue weighted by molar-refractivity contribution is 7.52. The van der Waals surface area contributed by atoms with Crippen LogP contribution in [0.4, 0.5) is 0 Å². The van der Waals surface area contributed by atoms with Crippen LogP contribution in [0.3, 0.4) is 0 Å². The Morgan fingerprint density at radius 2 is 1.93 bits per heavy atom. The van der Waals surface area contributed by atoms with E-state index in [1.165, 1.54) is 0 Å². The zero-order valence-corrected chi connectivity index (χ0v) is 9.70. The molecule has 14 heavy (non-hydrogen) atoms. The predicted molar refractivity (Wildman–Crippen MR) is 53.1 cm³/mol. The third-order valence-electron chi connectivity index (χ3n) is 1.78. The van der Waals surface area contributed by atoms with E-state index in [4.69, 9.17) is 15.3 Å². The minimum Gasteiger partial charge on any atom is -0.396 e. The summed E-state index contributed by atoms with van der Waals surface area (Å²) < 4.78 is 14.5. The van der Waals surface area contributed by atoms with E-state index in [0.29, 0.717) is 6.42 Å². The van der Waals surface area contributed by atoms with Crippen molar-refractivity contribution in [2.75, 3.05) is 12.8 Å². The molecular formula is C8H19O5P. The summed E-state index contributed by atoms with van der Waals surface area (Å²) >= 11 is 0. The zero-order chi connectivity index (χ0) is 11.4. The SMILES string of the molecule is CC(C)(C)CC(CO)CP(=O)(O)OO. The van der Waals surface area contributed by atoms with E-state index in [2.05, 4.69) is 4.67 Å². The molecule has 0 saturated heterocycles. The van der Waals surface area contributed by atoms with Gasteiger partial charge in [0.25, 0.3) is 0 Å². The molecule has 5 nitrogen and oxygen atoms in total. The average Bonchev–Trinajstić information content (AvgIpc) is 2.00. The molecule has 6 heteroatoms. The Hall–Kier alpha value is 0.0700. The Kier molecular flexibility index (Phi) is 5.26. The van der Waals surface area contributed by atoms with Crippen LogP contribution in [-0.4, -0.2) is 28.0 Å². The zero-order valence-electron chi connectivity index (χ0n) is 8.80. The summed E-state index contributed by atoms with van der Waals surface area (Å²) in [6.07, 6.45) is 0.370. The van der Waals surface area contributed by atoms with Crippen LogP contribution in [0.15, 0.2) is 0 Å². The molecule has 0 fully saturated rings. The maximum Gasteiger partial charge on any atom is 0.355 e. The van der Waals surface area contributed by atoms with Crippen molar-refractivity contribution in [2.45, 2.75) is 27.2 Å². The molecular weight excluding hydrogens is 207 g/mol. The first-order valence-electron chi connectivity index (χ1n) is 4.46. The van der Waals surface area contributed by atoms with Crippen LogP contribution in [-0.2, 0) is 9.24 Å². The fraction of sp³-hybridized carbons (Fsp3) is 1.00. The first-order chi connectivity index (χ1) is 6.20. The molecule has 0 aromatic carbocycles. The molecule has 0 amide bonds. The van der Waals surface area contributed by atoms with Gasteiger partial charge in [-0.1, -0.05) is 20.8 Å². The molecule has 0 rings (SSSR count). The van der Waals surface area contributed by atoms with Gasteiger partial charge in [-0.15, -0.1) is 0 Å². The van der Waals surface area contributed by atoms with Gasteiger partial charge in [-0.3, -0.25) is 4.57 Å². The second-order valence-corrected chi connectivity index (χ2v) is 6.52. The number of aliphatic hydroxyl groups is 1. The van der Waals surface area contributed by atoms with Gasteiger partial charge in [-0.2, -0.15) is 4.67 Å². The summed E-state index contributed by atoms with van der Waals surface area (Å²) in [4.78, 5) is 8.99. The van der Waals surface area contributed by atoms with Crippen LogP contribution in [0.25, 0.3) is 0 Å². The van der Waals surface area contributed by atoms with Crippen molar-refractivity contribution in [3.8, 4) is 0 Å². The predicted octanol–water partition coefficient (Wildman–Crippen LogP) is 1.71. The summed E-state index contributed by atoms with van der Waals surface area (Å²) in [7, 11) is -3.94. The second-order valence-electron chi connectivity index (χ2n) is 4.72. The fourth-order valence-corrected chi connectivity index (χ4v) is 2.38. The molecule has 3 N–H and O–H groups in total. The average molecular weight is 226 g/mol. The lowest BCUT2D eigenvalue weighted by molar-refractivity contribution is -0.146. The monoisotopic (exact) mass is 226 g/mol. The van der Waals surface area contributed by atoms with Crippen LogP contribution >= 0.6 is 7.60 Å². The molecule has 2 atom stereocenters. The van der Waals surface area contributed by atoms with Crippen LogP contribution < -0.4 is 0 Å². The van der Waals surface area contributed by atoms with Crippen molar-refractivity contribution in [2.24, 2.45) is 11.3 Å². The van der Waals surface area contributed by atoms with E-state index in [1.807, 2.05) is 20.8 Å². The highest BCUT2D eigenvalue weighted by Crippen LogP contribution is 2.44. The molecule has 0 aromatic heterocycles. The molecule has 0 aromatic rings. The molecule has 0 saturated carbocycles. The maximum absolute atomic E-state index is 11.0. The lowest BCUT2D eigenvalue weighted by Crippen LogP contribution is -2.20. The van der Waals surface area contributed by atoms with Crippen LogP contribution in [0.1, 0.15) is 27.2 Å². The van der Waals surface area contributed by atoms with Gasteiger partial charge in [-0.05, 0) is 17.8 Å². The minimum absolute atomic E-state index is 0.0388. The summed E-state index contributed by atoms with van der Waals surface area (Å²) in [5.74, 6) is -0.335. The van der Waals surface area contributed by atoms with Gasteiger partial charge in [0.1, 0.15) is 0 Å². The van der Waals surface area contributed by atoms with Gasteiger partial charge in [0.2, 0.25) is 0 Å². The van der Waals surface area contributed by atoms with Gasteiger partial charge in [0.05, 0.1) is 6.16 Å². The van der Waals surface area contributed by atoms with Crippen LogP contribution in [0.5, 0.6) is 0 Å². The first-order valence-corrected chi connectivity index (χ1v) is 6.22. The Bertz CT molecular complexity index is 210. The minimum atomic E-state index is -3.94. The highest BCUT2D eigenvalue weighted by Gasteiger charge is 2.28. The second kappa shape index (κ2) is 5.24. The van der Waals surface area contributed by atoms with Crippen molar-refractivity contribution in [1.29, 1.82) is 0 Å². The van der Waals surface area contributed by atoms with Crippen LogP contribution in [0, 0.1) is 11.3 Å². The molecule has 0 spiro atoms. The van der Waals surface area contributed by atoms with Crippen molar-refractivity contribution >= 4 is 7.60 Å². The normalized spacial score (nSPS) is 19.0. The lowest BCUT2D eigenvalue weighted by atomic mass is 9.86. The summed E-state index contributed by atoms with van der Waals surface area (Å²) in [6, 6.07) is 0. The standard InChI is InChI=1S/C8H19O5P/c1-8(2,3)4-7(5-9)6-14(11,12)13-10/h7,9-10H,4-6H2,1-3H3,(H,11,12). The molecule has 0 aliphatic rings. The summed E-state index contributed by atoms with van der Waals surface area (Å²) in [5, 5.41) is 17.1. The number of rotatable bonds is 5. The van der Waals surface area contributed by atoms with E-state index in [-0.39, 0.29) is 24.1 Å². The summed E-state index contributed by atoms with van der Waals surface area (Å²) in [6.45, 7) is 5.72. The van der Waals surface area contributed by atoms with E-state index in [0.717, 1.165) is 0 Å². The van der Waals surface area contributed by atoms with Gasteiger partial charge in [-0.25, -0.2) is 5.26 Å². The third-order valence-corrected chi connectivity index (χ3v) is 3.01. The van der Waals surface area contributed by atoms with Gasteiger partial charge in [0, 0.05) is 6.61 Å². The molecule has 0 aliphatic heterocycles. The Morgan fingerprint density at radius 3 is 2.21 bits per heavy atom. The number of hydrogen-bond donors (Lipinski definition) is 3. The first kappa shape index (κ1) is 14.1. The van der Waals surface area contributed by atoms with E-state index in [1.54, 1.807) is 0 Å². The van der Waals surface area contributed by atoms with E-state index < -0.39 is 7.60 Å². The topological polar surface area (TPSA) is 87.0 Å². The Labute approximate surface area is 84.2 Å². The van der Waals surface area contributed by atoms with Gasteiger partial charge < -0.3 is 10.00 Å². The van der Waals surface area contributed by atoms with Crippen molar-refractivity contribution in [3.05, 3.63) is 0 Å². The lowest BCUT2D eigenvalue weighted by Gasteiger charge is -2.25. The Balaban J connectivity index is 4.24. The van der Waals surface area contributed by atoms with E-state index in [9.17, 15) is 4.57 Å². The van der Waals surface area contributed by atoms with Crippen molar-refractivity contribution in [3.63, 3.8) is 0 Å².